The van der Waals surface area contributed by atoms with Crippen molar-refractivity contribution >= 4 is 77.2 Å². The third kappa shape index (κ3) is 24.2. The van der Waals surface area contributed by atoms with Gasteiger partial charge in [-0.05, 0) is 69.3 Å². The number of carboxylic acid groups (broad SMARTS) is 6. The molecule has 0 saturated heterocycles. The molecule has 30 heteroatoms. The molecule has 0 aromatic heterocycles. The molecule has 7 amide bonds. The van der Waals surface area contributed by atoms with E-state index in [0.717, 1.165) is 0 Å². The fourth-order valence-electron chi connectivity index (χ4n) is 6.32. The summed E-state index contributed by atoms with van der Waals surface area (Å²) in [6.07, 6.45) is -5.70. The summed E-state index contributed by atoms with van der Waals surface area (Å²) in [6.45, 7) is 0.271. The number of amides is 7. The number of phenols is 1. The largest absolute Gasteiger partial charge is 0.508 e. The smallest absolute Gasteiger partial charge is 0.326 e. The molecule has 0 aliphatic carbocycles. The van der Waals surface area contributed by atoms with Gasteiger partial charge in [-0.1, -0.05) is 12.1 Å². The van der Waals surface area contributed by atoms with Crippen LogP contribution in [0.2, 0.25) is 0 Å². The van der Waals surface area contributed by atoms with E-state index in [9.17, 15) is 93.0 Å². The van der Waals surface area contributed by atoms with Gasteiger partial charge in [0.05, 0.1) is 38.1 Å². The zero-order chi connectivity index (χ0) is 54.0. The molecule has 0 spiro atoms. The van der Waals surface area contributed by atoms with Gasteiger partial charge in [-0.3, -0.25) is 57.5 Å². The lowest BCUT2D eigenvalue weighted by atomic mass is 10.0. The Hall–Kier alpha value is -7.99. The first kappa shape index (κ1) is 61.0. The van der Waals surface area contributed by atoms with E-state index in [1.165, 1.54) is 24.3 Å². The van der Waals surface area contributed by atoms with Gasteiger partial charge in [0.25, 0.3) is 0 Å². The highest BCUT2D eigenvalue weighted by Gasteiger charge is 2.37. The van der Waals surface area contributed by atoms with Gasteiger partial charge in [-0.15, -0.1) is 0 Å². The lowest BCUT2D eigenvalue weighted by Crippen LogP contribution is -2.61. The summed E-state index contributed by atoms with van der Waals surface area (Å²) in [6, 6.07) is -9.94. The number of carbonyl (C=O) groups excluding carboxylic acids is 7. The number of aliphatic carboxylic acids is 6. The number of rotatable bonds is 35. The highest BCUT2D eigenvalue weighted by molar-refractivity contribution is 6.00. The van der Waals surface area contributed by atoms with E-state index in [-0.39, 0.29) is 57.4 Å². The van der Waals surface area contributed by atoms with Crippen LogP contribution in [0.4, 0.5) is 0 Å². The van der Waals surface area contributed by atoms with Crippen LogP contribution in [-0.2, 0) is 68.7 Å². The van der Waals surface area contributed by atoms with Crippen LogP contribution in [0.15, 0.2) is 24.3 Å². The minimum absolute atomic E-state index is 0.0940. The van der Waals surface area contributed by atoms with Crippen LogP contribution in [0, 0.1) is 0 Å². The van der Waals surface area contributed by atoms with Gasteiger partial charge in [0.15, 0.2) is 0 Å². The second-order valence-corrected chi connectivity index (χ2v) is 15.8. The second kappa shape index (κ2) is 31.2. The van der Waals surface area contributed by atoms with E-state index in [4.69, 9.17) is 22.3 Å². The molecular weight excluding hydrogens is 953 g/mol. The quantitative estimate of drug-likeness (QED) is 0.0282. The van der Waals surface area contributed by atoms with Gasteiger partial charge in [-0.25, -0.2) is 4.79 Å². The van der Waals surface area contributed by atoms with E-state index >= 15 is 0 Å². The lowest BCUT2D eigenvalue weighted by Gasteiger charge is -2.27. The molecule has 0 saturated carbocycles. The van der Waals surface area contributed by atoms with Gasteiger partial charge >= 0.3 is 35.8 Å². The standard InChI is InChI=1S/C41H60N10O20/c42-11-3-1-5-22(45-36(65)24(13-19-7-9-20(52)10-8-19)47-34(63)21(44)14-29(53)54)35(64)48-26(16-31(57)58)38(67)50-28(18-33(61)62)40(69)51-27(17-32(59)60)39(68)49-25(15-30(55)56)37(66)46-23(41(70)71)6-2-4-12-43/h7-10,21-28,52H,1-6,11-18,42-44H2,(H,45,65)(H,46,66)(H,47,63)(H,48,64)(H,49,68)(H,50,67)(H,51,69)(H,53,54)(H,55,56)(H,57,58)(H,59,60)(H,61,62)(H,70,71). The number of aromatic hydroxyl groups is 1. The number of carbonyl (C=O) groups is 13. The number of benzene rings is 1. The third-order valence-corrected chi connectivity index (χ3v) is 9.93. The molecule has 0 aliphatic rings. The predicted molar refractivity (Wildman–Crippen MR) is 238 cm³/mol. The summed E-state index contributed by atoms with van der Waals surface area (Å²) in [7, 11) is 0. The molecule has 394 valence electrons. The number of nitrogens with two attached hydrogens (primary N) is 3. The molecule has 8 atom stereocenters. The Morgan fingerprint density at radius 3 is 1.03 bits per heavy atom. The zero-order valence-electron chi connectivity index (χ0n) is 38.0. The number of nitrogens with one attached hydrogen (secondary N) is 7. The Bertz CT molecular complexity index is 2090. The van der Waals surface area contributed by atoms with E-state index in [2.05, 4.69) is 21.3 Å². The molecule has 1 aromatic carbocycles. The van der Waals surface area contributed by atoms with Gasteiger partial charge in [0, 0.05) is 6.42 Å². The van der Waals surface area contributed by atoms with Crippen molar-refractivity contribution in [3.8, 4) is 5.75 Å². The first-order valence-corrected chi connectivity index (χ1v) is 21.7. The molecule has 0 fully saturated rings. The van der Waals surface area contributed by atoms with Crippen molar-refractivity contribution in [1.29, 1.82) is 0 Å². The van der Waals surface area contributed by atoms with Gasteiger partial charge < -0.3 is 90.2 Å². The van der Waals surface area contributed by atoms with E-state index < -0.39 is 158 Å². The van der Waals surface area contributed by atoms with Crippen molar-refractivity contribution in [2.45, 2.75) is 125 Å². The number of unbranched alkanes of at least 4 members (excludes halogenated alkanes) is 2. The maximum absolute atomic E-state index is 13.8. The Balaban J connectivity index is 3.49. The van der Waals surface area contributed by atoms with Crippen molar-refractivity contribution in [2.24, 2.45) is 17.2 Å². The number of hydrogen-bond donors (Lipinski definition) is 17. The second-order valence-electron chi connectivity index (χ2n) is 15.8. The SMILES string of the molecule is NCCCCC(NC(=O)C(CC(=O)O)NC(=O)C(CC(=O)O)NC(=O)C(CC(=O)O)NC(=O)C(CC(=O)O)NC(=O)C(CCCCN)NC(=O)C(Cc1ccc(O)cc1)NC(=O)C(N)CC(=O)O)C(=O)O. The lowest BCUT2D eigenvalue weighted by molar-refractivity contribution is -0.145. The van der Waals surface area contributed by atoms with Crippen LogP contribution in [0.25, 0.3) is 0 Å². The molecule has 0 bridgehead atoms. The van der Waals surface area contributed by atoms with Crippen molar-refractivity contribution in [2.75, 3.05) is 13.1 Å². The Labute approximate surface area is 403 Å². The monoisotopic (exact) mass is 1010 g/mol. The van der Waals surface area contributed by atoms with Gasteiger partial charge in [0.1, 0.15) is 48.0 Å². The maximum atomic E-state index is 13.8. The summed E-state index contributed by atoms with van der Waals surface area (Å²) in [5, 5.41) is 81.0. The fourth-order valence-corrected chi connectivity index (χ4v) is 6.32. The first-order valence-electron chi connectivity index (χ1n) is 21.7. The minimum Gasteiger partial charge on any atom is -0.508 e. The highest BCUT2D eigenvalue weighted by atomic mass is 16.4. The Kier molecular flexibility index (Phi) is 26.8. The van der Waals surface area contributed by atoms with Gasteiger partial charge in [-0.2, -0.15) is 0 Å². The van der Waals surface area contributed by atoms with Crippen LogP contribution in [-0.4, -0.2) is 174 Å². The number of hydrogen-bond acceptors (Lipinski definition) is 17. The van der Waals surface area contributed by atoms with Crippen LogP contribution < -0.4 is 54.4 Å². The zero-order valence-corrected chi connectivity index (χ0v) is 38.0. The molecule has 1 aromatic rings. The topological polar surface area (TPSA) is 526 Å². The molecule has 1 rings (SSSR count). The highest BCUT2D eigenvalue weighted by Crippen LogP contribution is 2.13. The molecular formula is C41H60N10O20. The molecule has 0 heterocycles. The summed E-state index contributed by atoms with van der Waals surface area (Å²) >= 11 is 0. The average Bonchev–Trinajstić information content (AvgIpc) is 3.26. The molecule has 20 N–H and O–H groups in total. The first-order chi connectivity index (χ1) is 33.3. The van der Waals surface area contributed by atoms with E-state index in [1.54, 1.807) is 0 Å². The Morgan fingerprint density at radius 2 is 0.690 bits per heavy atom. The summed E-state index contributed by atoms with van der Waals surface area (Å²) < 4.78 is 0. The van der Waals surface area contributed by atoms with Crippen molar-refractivity contribution < 1.29 is 98.1 Å². The predicted octanol–water partition coefficient (Wildman–Crippen LogP) is -5.63. The minimum atomic E-state index is -2.28. The normalized spacial score (nSPS) is 14.2. The van der Waals surface area contributed by atoms with Crippen LogP contribution in [0.5, 0.6) is 5.75 Å². The van der Waals surface area contributed by atoms with Crippen LogP contribution in [0.1, 0.15) is 76.2 Å². The van der Waals surface area contributed by atoms with Crippen molar-refractivity contribution in [3.05, 3.63) is 29.8 Å². The summed E-state index contributed by atoms with van der Waals surface area (Å²) in [4.78, 5) is 164. The van der Waals surface area contributed by atoms with Gasteiger partial charge in [0.2, 0.25) is 41.4 Å². The Morgan fingerprint density at radius 1 is 0.394 bits per heavy atom. The molecule has 8 unspecified atom stereocenters. The number of phenolic OH excluding ortho intramolecular Hbond substituents is 1. The third-order valence-electron chi connectivity index (χ3n) is 9.93. The average molecular weight is 1010 g/mol. The molecule has 71 heavy (non-hydrogen) atoms. The van der Waals surface area contributed by atoms with Crippen LogP contribution in [0.3, 0.4) is 0 Å². The summed E-state index contributed by atoms with van der Waals surface area (Å²) in [5.74, 6) is -19.6. The van der Waals surface area contributed by atoms with Crippen molar-refractivity contribution in [3.63, 3.8) is 0 Å². The van der Waals surface area contributed by atoms with Crippen molar-refractivity contribution in [1.82, 2.24) is 37.2 Å². The van der Waals surface area contributed by atoms with E-state index in [1.807, 2.05) is 16.0 Å². The maximum Gasteiger partial charge on any atom is 0.326 e. The summed E-state index contributed by atoms with van der Waals surface area (Å²) in [5.41, 5.74) is 17.0. The van der Waals surface area contributed by atoms with E-state index in [0.29, 0.717) is 12.0 Å². The fraction of sp³-hybridized carbons (Fsp3) is 0.537. The molecule has 0 aliphatic heterocycles. The van der Waals surface area contributed by atoms with Crippen LogP contribution >= 0.6 is 0 Å². The number of carboxylic acids is 6. The molecule has 30 nitrogen and oxygen atoms in total. The molecule has 0 radical (unpaired) electrons.